The molecule has 1 atom stereocenters. The SMILES string of the molecule is CC(C)CCCCCCCCCCCCCC(=O)OC[C@H](COC(=O)CCCCCCCCCCCCC(C)C)OC(=O)CCCCCCCCCCC(C)C. The Morgan fingerprint density at radius 2 is 0.518 bits per heavy atom. The van der Waals surface area contributed by atoms with Crippen LogP contribution in [-0.4, -0.2) is 37.2 Å². The lowest BCUT2D eigenvalue weighted by Crippen LogP contribution is -2.30. The van der Waals surface area contributed by atoms with Crippen LogP contribution in [0.25, 0.3) is 0 Å². The minimum absolute atomic E-state index is 0.0656. The Kier molecular flexibility index (Phi) is 40.4. The molecular formula is C50H96O6. The molecule has 0 saturated heterocycles. The Morgan fingerprint density at radius 1 is 0.304 bits per heavy atom. The van der Waals surface area contributed by atoms with Crippen LogP contribution in [0.4, 0.5) is 0 Å². The van der Waals surface area contributed by atoms with E-state index >= 15 is 0 Å². The van der Waals surface area contributed by atoms with Crippen molar-refractivity contribution in [2.24, 2.45) is 17.8 Å². The van der Waals surface area contributed by atoms with Crippen molar-refractivity contribution in [3.8, 4) is 0 Å². The average molecular weight is 793 g/mol. The second-order valence-corrected chi connectivity index (χ2v) is 18.5. The van der Waals surface area contributed by atoms with E-state index in [9.17, 15) is 14.4 Å². The maximum Gasteiger partial charge on any atom is 0.306 e. The van der Waals surface area contributed by atoms with Crippen LogP contribution in [-0.2, 0) is 28.6 Å². The minimum Gasteiger partial charge on any atom is -0.462 e. The molecule has 0 amide bonds. The zero-order valence-electron chi connectivity index (χ0n) is 38.4. The van der Waals surface area contributed by atoms with E-state index in [-0.39, 0.29) is 31.1 Å². The largest absolute Gasteiger partial charge is 0.462 e. The fourth-order valence-electron chi connectivity index (χ4n) is 7.41. The molecule has 56 heavy (non-hydrogen) atoms. The molecule has 0 spiro atoms. The first kappa shape index (κ1) is 54.4. The predicted molar refractivity (Wildman–Crippen MR) is 238 cm³/mol. The maximum absolute atomic E-state index is 12.7. The Hall–Kier alpha value is -1.59. The summed E-state index contributed by atoms with van der Waals surface area (Å²) >= 11 is 0. The van der Waals surface area contributed by atoms with Gasteiger partial charge in [0.2, 0.25) is 0 Å². The lowest BCUT2D eigenvalue weighted by atomic mass is 10.0. The highest BCUT2D eigenvalue weighted by Gasteiger charge is 2.19. The Balaban J connectivity index is 4.32. The summed E-state index contributed by atoms with van der Waals surface area (Å²) in [4.78, 5) is 37.8. The van der Waals surface area contributed by atoms with Crippen LogP contribution in [0.1, 0.15) is 266 Å². The van der Waals surface area contributed by atoms with Gasteiger partial charge in [-0.15, -0.1) is 0 Å². The van der Waals surface area contributed by atoms with E-state index in [4.69, 9.17) is 14.2 Å². The summed E-state index contributed by atoms with van der Waals surface area (Å²) < 4.78 is 16.8. The highest BCUT2D eigenvalue weighted by molar-refractivity contribution is 5.71. The molecule has 0 aromatic rings. The summed E-state index contributed by atoms with van der Waals surface area (Å²) in [7, 11) is 0. The lowest BCUT2D eigenvalue weighted by Gasteiger charge is -2.18. The van der Waals surface area contributed by atoms with Gasteiger partial charge in [0, 0.05) is 19.3 Å². The van der Waals surface area contributed by atoms with E-state index in [0.29, 0.717) is 19.3 Å². The van der Waals surface area contributed by atoms with Crippen LogP contribution in [0.2, 0.25) is 0 Å². The van der Waals surface area contributed by atoms with Gasteiger partial charge < -0.3 is 14.2 Å². The molecule has 0 fully saturated rings. The Morgan fingerprint density at radius 3 is 0.768 bits per heavy atom. The molecule has 0 aliphatic rings. The topological polar surface area (TPSA) is 78.9 Å². The van der Waals surface area contributed by atoms with Gasteiger partial charge in [0.05, 0.1) is 0 Å². The number of ether oxygens (including phenoxy) is 3. The molecular weight excluding hydrogens is 697 g/mol. The molecule has 6 heteroatoms. The Labute approximate surface area is 348 Å². The van der Waals surface area contributed by atoms with Crippen molar-refractivity contribution in [1.82, 2.24) is 0 Å². The van der Waals surface area contributed by atoms with Gasteiger partial charge in [-0.05, 0) is 37.0 Å². The van der Waals surface area contributed by atoms with Crippen LogP contribution >= 0.6 is 0 Å². The summed E-state index contributed by atoms with van der Waals surface area (Å²) in [6.45, 7) is 13.7. The van der Waals surface area contributed by atoms with Crippen molar-refractivity contribution in [2.75, 3.05) is 13.2 Å². The summed E-state index contributed by atoms with van der Waals surface area (Å²) in [6.07, 6.45) is 39.5. The van der Waals surface area contributed by atoms with E-state index in [1.165, 1.54) is 148 Å². The lowest BCUT2D eigenvalue weighted by molar-refractivity contribution is -0.167. The van der Waals surface area contributed by atoms with Crippen LogP contribution in [0.5, 0.6) is 0 Å². The quantitative estimate of drug-likeness (QED) is 0.0348. The van der Waals surface area contributed by atoms with Crippen LogP contribution in [0.3, 0.4) is 0 Å². The molecule has 0 radical (unpaired) electrons. The van der Waals surface area contributed by atoms with Gasteiger partial charge in [-0.3, -0.25) is 14.4 Å². The van der Waals surface area contributed by atoms with Gasteiger partial charge in [-0.2, -0.15) is 0 Å². The number of esters is 3. The second kappa shape index (κ2) is 41.6. The highest BCUT2D eigenvalue weighted by Crippen LogP contribution is 2.17. The van der Waals surface area contributed by atoms with Gasteiger partial charge in [0.1, 0.15) is 13.2 Å². The molecule has 0 heterocycles. The first-order valence-electron chi connectivity index (χ1n) is 24.6. The number of carbonyl (C=O) groups excluding carboxylic acids is 3. The molecule has 0 aliphatic carbocycles. The molecule has 332 valence electrons. The zero-order valence-corrected chi connectivity index (χ0v) is 38.4. The molecule has 0 bridgehead atoms. The van der Waals surface area contributed by atoms with Crippen molar-refractivity contribution in [3.63, 3.8) is 0 Å². The molecule has 0 N–H and O–H groups in total. The second-order valence-electron chi connectivity index (χ2n) is 18.5. The smallest absolute Gasteiger partial charge is 0.306 e. The molecule has 6 nitrogen and oxygen atoms in total. The first-order valence-corrected chi connectivity index (χ1v) is 24.6. The van der Waals surface area contributed by atoms with Crippen molar-refractivity contribution < 1.29 is 28.6 Å². The fraction of sp³-hybridized carbons (Fsp3) is 0.940. The van der Waals surface area contributed by atoms with Crippen LogP contribution < -0.4 is 0 Å². The molecule has 0 unspecified atom stereocenters. The summed E-state index contributed by atoms with van der Waals surface area (Å²) in [5.41, 5.74) is 0. The molecule has 0 aromatic carbocycles. The molecule has 0 aliphatic heterocycles. The third-order valence-corrected chi connectivity index (χ3v) is 11.1. The molecule has 0 saturated carbocycles. The minimum atomic E-state index is -0.762. The number of hydrogen-bond acceptors (Lipinski definition) is 6. The molecule has 0 aromatic heterocycles. The third-order valence-electron chi connectivity index (χ3n) is 11.1. The van der Waals surface area contributed by atoms with Gasteiger partial charge in [0.25, 0.3) is 0 Å². The van der Waals surface area contributed by atoms with E-state index < -0.39 is 6.10 Å². The standard InChI is InChI=1S/C50H96O6/c1-44(2)36-30-24-18-12-8-7-9-14-21-27-33-39-48(51)54-42-47(56-50(53)41-35-29-23-17-16-20-26-32-38-46(5)6)43-55-49(52)40-34-28-22-15-11-10-13-19-25-31-37-45(3)4/h44-47H,7-43H2,1-6H3/t47-/m1/s1. The Bertz CT molecular complexity index is 868. The average Bonchev–Trinajstić information content (AvgIpc) is 3.15. The monoisotopic (exact) mass is 793 g/mol. The predicted octanol–water partition coefficient (Wildman–Crippen LogP) is 15.6. The summed E-state index contributed by atoms with van der Waals surface area (Å²) in [6, 6.07) is 0. The number of hydrogen-bond donors (Lipinski definition) is 0. The fourth-order valence-corrected chi connectivity index (χ4v) is 7.41. The van der Waals surface area contributed by atoms with Crippen molar-refractivity contribution in [2.45, 2.75) is 272 Å². The number of unbranched alkanes of at least 4 members (excludes halogenated alkanes) is 26. The van der Waals surface area contributed by atoms with Crippen molar-refractivity contribution in [1.29, 1.82) is 0 Å². The zero-order chi connectivity index (χ0) is 41.3. The van der Waals surface area contributed by atoms with E-state index in [0.717, 1.165) is 75.5 Å². The third kappa shape index (κ3) is 43.5. The van der Waals surface area contributed by atoms with Crippen molar-refractivity contribution >= 4 is 17.9 Å². The van der Waals surface area contributed by atoms with E-state index in [1.54, 1.807) is 0 Å². The highest BCUT2D eigenvalue weighted by atomic mass is 16.6. The van der Waals surface area contributed by atoms with Crippen LogP contribution in [0.15, 0.2) is 0 Å². The van der Waals surface area contributed by atoms with Crippen LogP contribution in [0, 0.1) is 17.8 Å². The van der Waals surface area contributed by atoms with E-state index in [2.05, 4.69) is 41.5 Å². The number of rotatable bonds is 43. The van der Waals surface area contributed by atoms with Gasteiger partial charge in [0.15, 0.2) is 6.10 Å². The molecule has 0 rings (SSSR count). The summed E-state index contributed by atoms with van der Waals surface area (Å²) in [5.74, 6) is 1.58. The van der Waals surface area contributed by atoms with Crippen molar-refractivity contribution in [3.05, 3.63) is 0 Å². The maximum atomic E-state index is 12.7. The first-order chi connectivity index (χ1) is 27.1. The van der Waals surface area contributed by atoms with E-state index in [1.807, 2.05) is 0 Å². The normalized spacial score (nSPS) is 12.2. The number of carbonyl (C=O) groups is 3. The van der Waals surface area contributed by atoms with Gasteiger partial charge in [-0.1, -0.05) is 228 Å². The van der Waals surface area contributed by atoms with Gasteiger partial charge in [-0.25, -0.2) is 0 Å². The summed E-state index contributed by atoms with van der Waals surface area (Å²) in [5, 5.41) is 0. The van der Waals surface area contributed by atoms with Gasteiger partial charge >= 0.3 is 17.9 Å².